The number of rotatable bonds is 7. The number of unbranched alkanes of at least 4 members (excludes halogenated alkanes) is 2. The number of amides is 1. The second-order valence-electron chi connectivity index (χ2n) is 5.46. The Balaban J connectivity index is 1.79. The molecule has 128 valence electrons. The van der Waals surface area contributed by atoms with E-state index in [2.05, 4.69) is 33.5 Å². The summed E-state index contributed by atoms with van der Waals surface area (Å²) in [6.45, 7) is 2.54. The molecule has 0 radical (unpaired) electrons. The quantitative estimate of drug-likeness (QED) is 0.511. The maximum absolute atomic E-state index is 11.7. The first-order chi connectivity index (χ1) is 11.6. The highest BCUT2D eigenvalue weighted by Gasteiger charge is 2.07. The number of furan rings is 1. The molecule has 2 rings (SSSR count). The third kappa shape index (κ3) is 6.09. The summed E-state index contributed by atoms with van der Waals surface area (Å²) in [6, 6.07) is 11.7. The second-order valence-corrected chi connectivity index (χ2v) is 6.78. The minimum atomic E-state index is -0.0454. The lowest BCUT2D eigenvalue weighted by Gasteiger charge is -2.08. The lowest BCUT2D eigenvalue weighted by Crippen LogP contribution is -2.38. The number of halogens is 1. The van der Waals surface area contributed by atoms with E-state index in [1.54, 1.807) is 0 Å². The van der Waals surface area contributed by atoms with Gasteiger partial charge in [-0.15, -0.1) is 0 Å². The van der Waals surface area contributed by atoms with Gasteiger partial charge in [0.05, 0.1) is 6.54 Å². The van der Waals surface area contributed by atoms with Crippen LogP contribution in [0.5, 0.6) is 0 Å². The molecule has 2 N–H and O–H groups in total. The second kappa shape index (κ2) is 9.59. The maximum Gasteiger partial charge on any atom is 0.226 e. The maximum atomic E-state index is 11.7. The molecule has 0 bridgehead atoms. The van der Waals surface area contributed by atoms with Crippen molar-refractivity contribution < 1.29 is 9.21 Å². The number of hydrogen-bond donors (Lipinski definition) is 2. The van der Waals surface area contributed by atoms with Crippen molar-refractivity contribution in [3.63, 3.8) is 0 Å². The third-order valence-electron chi connectivity index (χ3n) is 3.47. The summed E-state index contributed by atoms with van der Waals surface area (Å²) in [6.07, 6.45) is 3.54. The Morgan fingerprint density at radius 3 is 2.62 bits per heavy atom. The summed E-state index contributed by atoms with van der Waals surface area (Å²) in [5, 5.41) is 6.01. The van der Waals surface area contributed by atoms with Crippen LogP contribution in [0.1, 0.15) is 38.4 Å². The molecule has 0 atom stereocenters. The molecule has 1 aromatic carbocycles. The minimum Gasteiger partial charge on any atom is -0.459 e. The Morgan fingerprint density at radius 1 is 1.17 bits per heavy atom. The fourth-order valence-corrected chi connectivity index (χ4v) is 2.63. The van der Waals surface area contributed by atoms with Gasteiger partial charge in [-0.3, -0.25) is 4.79 Å². The predicted molar refractivity (Wildman–Crippen MR) is 104 cm³/mol. The molecular weight excluding hydrogens is 388 g/mol. The van der Waals surface area contributed by atoms with Gasteiger partial charge in [-0.2, -0.15) is 0 Å². The zero-order chi connectivity index (χ0) is 17.4. The van der Waals surface area contributed by atoms with E-state index in [1.165, 1.54) is 0 Å². The summed E-state index contributed by atoms with van der Waals surface area (Å²) < 4.78 is 6.82. The van der Waals surface area contributed by atoms with Crippen LogP contribution in [-0.4, -0.2) is 11.0 Å². The molecule has 4 nitrogen and oxygen atoms in total. The van der Waals surface area contributed by atoms with Crippen LogP contribution in [-0.2, 0) is 11.3 Å². The summed E-state index contributed by atoms with van der Waals surface area (Å²) in [7, 11) is 0. The van der Waals surface area contributed by atoms with Crippen LogP contribution < -0.4 is 10.6 Å². The molecule has 1 aromatic heterocycles. The summed E-state index contributed by atoms with van der Waals surface area (Å²) in [5.74, 6) is 1.51. The van der Waals surface area contributed by atoms with Crippen LogP contribution in [0.2, 0.25) is 0 Å². The molecule has 0 aliphatic rings. The molecule has 0 fully saturated rings. The summed E-state index contributed by atoms with van der Waals surface area (Å²) >= 11 is 8.55. The third-order valence-corrected chi connectivity index (χ3v) is 4.25. The van der Waals surface area contributed by atoms with Crippen LogP contribution in [0.25, 0.3) is 11.3 Å². The SMILES string of the molecule is CCCCCC(=O)NC(=S)NCc1ccc(-c2ccc(Br)cc2)o1. The molecule has 0 aliphatic carbocycles. The van der Waals surface area contributed by atoms with E-state index < -0.39 is 0 Å². The van der Waals surface area contributed by atoms with Crippen LogP contribution >= 0.6 is 28.1 Å². The average molecular weight is 409 g/mol. The molecule has 1 amide bonds. The summed E-state index contributed by atoms with van der Waals surface area (Å²) in [4.78, 5) is 11.7. The van der Waals surface area contributed by atoms with Crippen LogP contribution in [0, 0.1) is 0 Å². The van der Waals surface area contributed by atoms with Crippen LogP contribution in [0.15, 0.2) is 45.3 Å². The van der Waals surface area contributed by atoms with E-state index in [9.17, 15) is 4.79 Å². The lowest BCUT2D eigenvalue weighted by atomic mass is 10.2. The largest absolute Gasteiger partial charge is 0.459 e. The molecule has 0 saturated carbocycles. The minimum absolute atomic E-state index is 0.0454. The first-order valence-corrected chi connectivity index (χ1v) is 9.21. The van der Waals surface area contributed by atoms with Crippen molar-refractivity contribution in [3.8, 4) is 11.3 Å². The molecule has 24 heavy (non-hydrogen) atoms. The van der Waals surface area contributed by atoms with Crippen molar-refractivity contribution >= 4 is 39.2 Å². The molecule has 1 heterocycles. The van der Waals surface area contributed by atoms with E-state index in [0.29, 0.717) is 18.1 Å². The van der Waals surface area contributed by atoms with E-state index in [1.807, 2.05) is 36.4 Å². The highest BCUT2D eigenvalue weighted by Crippen LogP contribution is 2.23. The lowest BCUT2D eigenvalue weighted by molar-refractivity contribution is -0.119. The van der Waals surface area contributed by atoms with Gasteiger partial charge in [-0.25, -0.2) is 0 Å². The molecule has 0 saturated heterocycles. The standard InChI is InChI=1S/C18H21BrN2O2S/c1-2-3-4-5-17(22)21-18(24)20-12-15-10-11-16(23-15)13-6-8-14(19)9-7-13/h6-11H,2-5,12H2,1H3,(H2,20,21,22,24). The fraction of sp³-hybridized carbons (Fsp3) is 0.333. The van der Waals surface area contributed by atoms with Gasteiger partial charge in [0.2, 0.25) is 5.91 Å². The van der Waals surface area contributed by atoms with E-state index in [0.717, 1.165) is 40.8 Å². The van der Waals surface area contributed by atoms with Crippen molar-refractivity contribution in [1.29, 1.82) is 0 Å². The topological polar surface area (TPSA) is 54.3 Å². The Morgan fingerprint density at radius 2 is 1.92 bits per heavy atom. The zero-order valence-electron chi connectivity index (χ0n) is 13.6. The van der Waals surface area contributed by atoms with E-state index in [-0.39, 0.29) is 5.91 Å². The highest BCUT2D eigenvalue weighted by atomic mass is 79.9. The van der Waals surface area contributed by atoms with Gasteiger partial charge in [0, 0.05) is 16.5 Å². The first kappa shape index (κ1) is 18.7. The van der Waals surface area contributed by atoms with Crippen molar-refractivity contribution in [1.82, 2.24) is 10.6 Å². The number of hydrogen-bond acceptors (Lipinski definition) is 3. The molecule has 6 heteroatoms. The average Bonchev–Trinajstić information content (AvgIpc) is 3.03. The van der Waals surface area contributed by atoms with Gasteiger partial charge in [0.15, 0.2) is 5.11 Å². The van der Waals surface area contributed by atoms with E-state index in [4.69, 9.17) is 16.6 Å². The van der Waals surface area contributed by atoms with Crippen molar-refractivity contribution in [3.05, 3.63) is 46.6 Å². The van der Waals surface area contributed by atoms with Gasteiger partial charge in [0.25, 0.3) is 0 Å². The van der Waals surface area contributed by atoms with Gasteiger partial charge in [0.1, 0.15) is 11.5 Å². The van der Waals surface area contributed by atoms with Gasteiger partial charge in [-0.1, -0.05) is 47.8 Å². The van der Waals surface area contributed by atoms with Crippen LogP contribution in [0.4, 0.5) is 0 Å². The Labute approximate surface area is 156 Å². The van der Waals surface area contributed by atoms with Crippen molar-refractivity contribution in [2.75, 3.05) is 0 Å². The van der Waals surface area contributed by atoms with Gasteiger partial charge >= 0.3 is 0 Å². The molecule has 0 spiro atoms. The highest BCUT2D eigenvalue weighted by molar-refractivity contribution is 9.10. The smallest absolute Gasteiger partial charge is 0.226 e. The van der Waals surface area contributed by atoms with E-state index >= 15 is 0 Å². The Hall–Kier alpha value is -1.66. The molecule has 2 aromatic rings. The molecule has 0 unspecified atom stereocenters. The number of thiocarbonyl (C=S) groups is 1. The monoisotopic (exact) mass is 408 g/mol. The number of carbonyl (C=O) groups is 1. The summed E-state index contributed by atoms with van der Waals surface area (Å²) in [5.41, 5.74) is 1.01. The predicted octanol–water partition coefficient (Wildman–Crippen LogP) is 4.78. The Kier molecular flexibility index (Phi) is 7.46. The first-order valence-electron chi connectivity index (χ1n) is 8.01. The molecular formula is C18H21BrN2O2S. The normalized spacial score (nSPS) is 10.4. The van der Waals surface area contributed by atoms with Crippen LogP contribution in [0.3, 0.4) is 0 Å². The van der Waals surface area contributed by atoms with Crippen molar-refractivity contribution in [2.24, 2.45) is 0 Å². The zero-order valence-corrected chi connectivity index (χ0v) is 16.0. The van der Waals surface area contributed by atoms with Gasteiger partial charge in [-0.05, 0) is 42.9 Å². The fourth-order valence-electron chi connectivity index (χ4n) is 2.18. The van der Waals surface area contributed by atoms with Gasteiger partial charge < -0.3 is 15.1 Å². The molecule has 0 aliphatic heterocycles. The Bertz CT molecular complexity index is 683. The number of benzene rings is 1. The number of carbonyl (C=O) groups excluding carboxylic acids is 1. The van der Waals surface area contributed by atoms with Crippen molar-refractivity contribution in [2.45, 2.75) is 39.2 Å². The number of nitrogens with one attached hydrogen (secondary N) is 2.